The van der Waals surface area contributed by atoms with Crippen molar-refractivity contribution in [2.75, 3.05) is 13.1 Å². The zero-order chi connectivity index (χ0) is 17.8. The minimum atomic E-state index is -0.132. The van der Waals surface area contributed by atoms with E-state index >= 15 is 0 Å². The quantitative estimate of drug-likeness (QED) is 0.698. The Hall–Kier alpha value is -2.64. The van der Waals surface area contributed by atoms with Crippen molar-refractivity contribution >= 4 is 18.3 Å². The minimum absolute atomic E-state index is 0. The molecule has 27 heavy (non-hydrogen) atoms. The summed E-state index contributed by atoms with van der Waals surface area (Å²) in [5.41, 5.74) is 2.72. The molecule has 3 heterocycles. The minimum Gasteiger partial charge on any atom is -0.347 e. The molecule has 0 aliphatic carbocycles. The van der Waals surface area contributed by atoms with Gasteiger partial charge in [0.25, 0.3) is 5.91 Å². The van der Waals surface area contributed by atoms with Gasteiger partial charge in [-0.15, -0.1) is 12.4 Å². The molecule has 2 N–H and O–H groups in total. The summed E-state index contributed by atoms with van der Waals surface area (Å²) in [6, 6.07) is 10.00. The second-order valence-electron chi connectivity index (χ2n) is 6.39. The van der Waals surface area contributed by atoms with Gasteiger partial charge in [0, 0.05) is 51.2 Å². The Labute approximate surface area is 164 Å². The summed E-state index contributed by atoms with van der Waals surface area (Å²) in [6.45, 7) is 3.82. The summed E-state index contributed by atoms with van der Waals surface area (Å²) in [5, 5.41) is 10.6. The summed E-state index contributed by atoms with van der Waals surface area (Å²) >= 11 is 0. The number of carbonyl (C=O) groups excluding carboxylic acids is 1. The third-order valence-corrected chi connectivity index (χ3v) is 4.60. The van der Waals surface area contributed by atoms with Crippen LogP contribution >= 0.6 is 12.4 Å². The van der Waals surface area contributed by atoms with Crippen LogP contribution in [0.5, 0.6) is 0 Å². The Kier molecular flexibility index (Phi) is 6.26. The highest BCUT2D eigenvalue weighted by atomic mass is 35.5. The van der Waals surface area contributed by atoms with Crippen molar-refractivity contribution in [3.8, 4) is 0 Å². The molecular formula is C19H23ClN6O. The second-order valence-corrected chi connectivity index (χ2v) is 6.39. The molecule has 1 aliphatic heterocycles. The third-order valence-electron chi connectivity index (χ3n) is 4.60. The Morgan fingerprint density at radius 1 is 1.19 bits per heavy atom. The summed E-state index contributed by atoms with van der Waals surface area (Å²) in [6.07, 6.45) is 6.40. The lowest BCUT2D eigenvalue weighted by molar-refractivity contribution is 0.0946. The molecule has 0 fully saturated rings. The van der Waals surface area contributed by atoms with Crippen LogP contribution in [0.25, 0.3) is 0 Å². The van der Waals surface area contributed by atoms with Crippen molar-refractivity contribution in [3.05, 3.63) is 71.6 Å². The van der Waals surface area contributed by atoms with Crippen LogP contribution in [0, 0.1) is 0 Å². The van der Waals surface area contributed by atoms with Gasteiger partial charge in [-0.1, -0.05) is 24.3 Å². The molecule has 0 saturated carbocycles. The van der Waals surface area contributed by atoms with Gasteiger partial charge in [-0.2, -0.15) is 5.10 Å². The number of benzene rings is 1. The van der Waals surface area contributed by atoms with Crippen LogP contribution in [0.3, 0.4) is 0 Å². The summed E-state index contributed by atoms with van der Waals surface area (Å²) < 4.78 is 3.95. The van der Waals surface area contributed by atoms with Gasteiger partial charge in [0.2, 0.25) is 0 Å². The van der Waals surface area contributed by atoms with Crippen LogP contribution < -0.4 is 10.6 Å². The lowest BCUT2D eigenvalue weighted by atomic mass is 10.1. The smallest absolute Gasteiger partial charge is 0.271 e. The monoisotopic (exact) mass is 386 g/mol. The number of halogens is 1. The molecule has 142 valence electrons. The highest BCUT2D eigenvalue weighted by Crippen LogP contribution is 2.11. The molecule has 3 aromatic rings. The first kappa shape index (κ1) is 19.1. The number of aromatic nitrogens is 4. The predicted octanol–water partition coefficient (Wildman–Crippen LogP) is 1.63. The number of amides is 1. The fourth-order valence-electron chi connectivity index (χ4n) is 3.20. The fraction of sp³-hybridized carbons (Fsp3) is 0.316. The summed E-state index contributed by atoms with van der Waals surface area (Å²) in [4.78, 5) is 17.0. The van der Waals surface area contributed by atoms with E-state index in [1.807, 2.05) is 41.3 Å². The Balaban J connectivity index is 0.00000210. The maximum atomic E-state index is 12.5. The Bertz CT molecular complexity index is 866. The van der Waals surface area contributed by atoms with Crippen molar-refractivity contribution in [1.29, 1.82) is 0 Å². The van der Waals surface area contributed by atoms with Gasteiger partial charge < -0.3 is 15.2 Å². The molecule has 0 unspecified atom stereocenters. The first-order valence-corrected chi connectivity index (χ1v) is 8.89. The molecule has 1 aromatic carbocycles. The van der Waals surface area contributed by atoms with E-state index in [1.165, 1.54) is 0 Å². The Morgan fingerprint density at radius 2 is 2.04 bits per heavy atom. The normalized spacial score (nSPS) is 13.3. The van der Waals surface area contributed by atoms with Crippen LogP contribution in [0.4, 0.5) is 0 Å². The van der Waals surface area contributed by atoms with Crippen LogP contribution in [0.1, 0.15) is 27.4 Å². The number of rotatable bonds is 5. The molecule has 0 spiro atoms. The van der Waals surface area contributed by atoms with Crippen molar-refractivity contribution in [2.24, 2.45) is 0 Å². The molecule has 0 atom stereocenters. The second kappa shape index (κ2) is 8.83. The van der Waals surface area contributed by atoms with E-state index in [9.17, 15) is 4.79 Å². The van der Waals surface area contributed by atoms with E-state index in [4.69, 9.17) is 0 Å². The first-order chi connectivity index (χ1) is 12.8. The highest BCUT2D eigenvalue weighted by Gasteiger charge is 2.16. The van der Waals surface area contributed by atoms with Crippen molar-refractivity contribution in [3.63, 3.8) is 0 Å². The van der Waals surface area contributed by atoms with E-state index in [-0.39, 0.29) is 18.3 Å². The average Bonchev–Trinajstić information content (AvgIpc) is 3.26. The van der Waals surface area contributed by atoms with Gasteiger partial charge in [-0.25, -0.2) is 4.98 Å². The van der Waals surface area contributed by atoms with Crippen molar-refractivity contribution < 1.29 is 4.79 Å². The molecule has 4 rings (SSSR count). The summed E-state index contributed by atoms with van der Waals surface area (Å²) in [7, 11) is 0. The number of nitrogens with one attached hydrogen (secondary N) is 2. The molecule has 8 heteroatoms. The van der Waals surface area contributed by atoms with E-state index in [2.05, 4.69) is 31.3 Å². The molecule has 2 aromatic heterocycles. The maximum absolute atomic E-state index is 12.5. The lowest BCUT2D eigenvalue weighted by Crippen LogP contribution is -2.24. The van der Waals surface area contributed by atoms with E-state index in [0.29, 0.717) is 18.8 Å². The van der Waals surface area contributed by atoms with Gasteiger partial charge in [0.15, 0.2) is 0 Å². The summed E-state index contributed by atoms with van der Waals surface area (Å²) in [5.74, 6) is 0.839. The molecule has 1 aliphatic rings. The fourth-order valence-corrected chi connectivity index (χ4v) is 3.20. The first-order valence-electron chi connectivity index (χ1n) is 8.89. The molecule has 0 bridgehead atoms. The number of hydrogen-bond acceptors (Lipinski definition) is 4. The SMILES string of the molecule is Cl.O=C(NCc1ccccc1Cn1cccn1)c1cn2c(n1)CCNCC2. The number of hydrogen-bond donors (Lipinski definition) is 2. The van der Waals surface area contributed by atoms with Gasteiger partial charge >= 0.3 is 0 Å². The number of fused-ring (bicyclic) bond motifs is 1. The van der Waals surface area contributed by atoms with Crippen molar-refractivity contribution in [2.45, 2.75) is 26.1 Å². The molecule has 7 nitrogen and oxygen atoms in total. The van der Waals surface area contributed by atoms with Crippen LogP contribution in [-0.2, 0) is 26.1 Å². The average molecular weight is 387 g/mol. The number of carbonyl (C=O) groups is 1. The van der Waals surface area contributed by atoms with Crippen LogP contribution in [-0.4, -0.2) is 38.3 Å². The largest absolute Gasteiger partial charge is 0.347 e. The maximum Gasteiger partial charge on any atom is 0.271 e. The predicted molar refractivity (Wildman–Crippen MR) is 105 cm³/mol. The highest BCUT2D eigenvalue weighted by molar-refractivity contribution is 5.92. The molecular weight excluding hydrogens is 364 g/mol. The van der Waals surface area contributed by atoms with Gasteiger partial charge in [0.05, 0.1) is 6.54 Å². The third kappa shape index (κ3) is 4.56. The van der Waals surface area contributed by atoms with Gasteiger partial charge in [-0.05, 0) is 17.2 Å². The standard InChI is InChI=1S/C19H22N6O.ClH/c26-19(17-14-24-11-9-20-8-6-18(24)23-17)21-12-15-4-1-2-5-16(15)13-25-10-3-7-22-25;/h1-5,7,10,14,20H,6,8-9,11-13H2,(H,21,26);1H. The topological polar surface area (TPSA) is 76.8 Å². The lowest BCUT2D eigenvalue weighted by Gasteiger charge is -2.10. The van der Waals surface area contributed by atoms with E-state index < -0.39 is 0 Å². The molecule has 1 amide bonds. The number of imidazole rings is 1. The van der Waals surface area contributed by atoms with Gasteiger partial charge in [-0.3, -0.25) is 9.48 Å². The Morgan fingerprint density at radius 3 is 2.85 bits per heavy atom. The van der Waals surface area contributed by atoms with E-state index in [0.717, 1.165) is 43.0 Å². The van der Waals surface area contributed by atoms with Crippen molar-refractivity contribution in [1.82, 2.24) is 30.0 Å². The van der Waals surface area contributed by atoms with E-state index in [1.54, 1.807) is 6.20 Å². The van der Waals surface area contributed by atoms with Crippen LogP contribution in [0.15, 0.2) is 48.9 Å². The van der Waals surface area contributed by atoms with Crippen LogP contribution in [0.2, 0.25) is 0 Å². The molecule has 0 saturated heterocycles. The van der Waals surface area contributed by atoms with Gasteiger partial charge in [0.1, 0.15) is 11.5 Å². The zero-order valence-corrected chi connectivity index (χ0v) is 15.8. The molecule has 0 radical (unpaired) electrons. The number of nitrogens with zero attached hydrogens (tertiary/aromatic N) is 4. The zero-order valence-electron chi connectivity index (χ0n) is 15.0.